The molecule has 1 aromatic rings. The van der Waals surface area contributed by atoms with E-state index in [9.17, 15) is 8.42 Å². The van der Waals surface area contributed by atoms with Crippen molar-refractivity contribution < 1.29 is 17.9 Å². The lowest BCUT2D eigenvalue weighted by Crippen LogP contribution is -2.47. The van der Waals surface area contributed by atoms with E-state index in [1.807, 2.05) is 24.3 Å². The molecule has 2 rings (SSSR count). The third-order valence-corrected chi connectivity index (χ3v) is 4.80. The number of morpholine rings is 1. The molecule has 7 heteroatoms. The van der Waals surface area contributed by atoms with Crippen LogP contribution in [0.2, 0.25) is 0 Å². The molecule has 0 radical (unpaired) electrons. The molecule has 112 valence electrons. The zero-order valence-corrected chi connectivity index (χ0v) is 12.4. The second-order valence-electron chi connectivity index (χ2n) is 4.47. The molecular formula is C13H20N2O4S. The van der Waals surface area contributed by atoms with E-state index in [-0.39, 0.29) is 0 Å². The lowest BCUT2D eigenvalue weighted by Gasteiger charge is -2.26. The highest BCUT2D eigenvalue weighted by molar-refractivity contribution is 7.87. The Balaban J connectivity index is 1.88. The Morgan fingerprint density at radius 2 is 2.00 bits per heavy atom. The predicted octanol–water partition coefficient (Wildman–Crippen LogP) is 0.404. The first-order valence-corrected chi connectivity index (χ1v) is 8.02. The van der Waals surface area contributed by atoms with Gasteiger partial charge in [-0.2, -0.15) is 12.7 Å². The molecule has 0 unspecified atom stereocenters. The highest BCUT2D eigenvalue weighted by Crippen LogP contribution is 2.17. The average Bonchev–Trinajstić information content (AvgIpc) is 2.48. The van der Waals surface area contributed by atoms with Crippen LogP contribution in [0.3, 0.4) is 0 Å². The lowest BCUT2D eigenvalue weighted by molar-refractivity contribution is 0.0725. The van der Waals surface area contributed by atoms with Crippen LogP contribution in [0.15, 0.2) is 24.3 Å². The number of para-hydroxylation sites is 1. The van der Waals surface area contributed by atoms with Gasteiger partial charge in [0, 0.05) is 19.6 Å². The van der Waals surface area contributed by atoms with Crippen molar-refractivity contribution in [3.63, 3.8) is 0 Å². The molecule has 0 spiro atoms. The van der Waals surface area contributed by atoms with Gasteiger partial charge in [-0.25, -0.2) is 4.72 Å². The van der Waals surface area contributed by atoms with Crippen LogP contribution < -0.4 is 9.46 Å². The summed E-state index contributed by atoms with van der Waals surface area (Å²) in [6, 6.07) is 7.60. The Bertz CT molecular complexity index is 527. The third-order valence-electron chi connectivity index (χ3n) is 3.18. The van der Waals surface area contributed by atoms with Crippen molar-refractivity contribution in [1.29, 1.82) is 0 Å². The van der Waals surface area contributed by atoms with Crippen molar-refractivity contribution in [3.05, 3.63) is 29.8 Å². The molecule has 1 heterocycles. The van der Waals surface area contributed by atoms with E-state index in [0.717, 1.165) is 11.3 Å². The fraction of sp³-hybridized carbons (Fsp3) is 0.538. The van der Waals surface area contributed by atoms with Gasteiger partial charge in [-0.3, -0.25) is 0 Å². The lowest BCUT2D eigenvalue weighted by atomic mass is 10.1. The number of rotatable bonds is 6. The van der Waals surface area contributed by atoms with Crippen LogP contribution in [0.1, 0.15) is 5.56 Å². The van der Waals surface area contributed by atoms with Crippen molar-refractivity contribution in [3.8, 4) is 5.75 Å². The van der Waals surface area contributed by atoms with Gasteiger partial charge in [0.2, 0.25) is 0 Å². The molecule has 1 aliphatic heterocycles. The van der Waals surface area contributed by atoms with Crippen LogP contribution >= 0.6 is 0 Å². The number of methoxy groups -OCH3 is 1. The summed E-state index contributed by atoms with van der Waals surface area (Å²) in [4.78, 5) is 0. The van der Waals surface area contributed by atoms with Crippen molar-refractivity contribution in [1.82, 2.24) is 9.03 Å². The van der Waals surface area contributed by atoms with E-state index in [1.165, 1.54) is 4.31 Å². The number of benzene rings is 1. The van der Waals surface area contributed by atoms with E-state index in [0.29, 0.717) is 39.3 Å². The summed E-state index contributed by atoms with van der Waals surface area (Å²) in [6.45, 7) is 2.06. The normalized spacial score (nSPS) is 17.1. The quantitative estimate of drug-likeness (QED) is 0.826. The van der Waals surface area contributed by atoms with Gasteiger partial charge in [0.1, 0.15) is 5.75 Å². The smallest absolute Gasteiger partial charge is 0.279 e. The fourth-order valence-electron chi connectivity index (χ4n) is 2.10. The maximum absolute atomic E-state index is 12.1. The average molecular weight is 300 g/mol. The van der Waals surface area contributed by atoms with E-state index in [2.05, 4.69) is 4.72 Å². The first-order valence-electron chi connectivity index (χ1n) is 6.58. The number of hydrogen-bond acceptors (Lipinski definition) is 4. The Morgan fingerprint density at radius 3 is 2.70 bits per heavy atom. The zero-order chi connectivity index (χ0) is 14.4. The monoisotopic (exact) mass is 300 g/mol. The second kappa shape index (κ2) is 7.03. The first-order chi connectivity index (χ1) is 9.63. The Kier molecular flexibility index (Phi) is 5.36. The minimum absolute atomic E-state index is 0.347. The Hall–Kier alpha value is -1.15. The van der Waals surface area contributed by atoms with Gasteiger partial charge >= 0.3 is 0 Å². The molecule has 0 saturated carbocycles. The van der Waals surface area contributed by atoms with E-state index in [4.69, 9.17) is 9.47 Å². The van der Waals surface area contributed by atoms with E-state index in [1.54, 1.807) is 7.11 Å². The molecule has 0 bridgehead atoms. The summed E-state index contributed by atoms with van der Waals surface area (Å²) in [7, 11) is -1.80. The molecule has 0 amide bonds. The molecule has 0 aliphatic carbocycles. The second-order valence-corrected chi connectivity index (χ2v) is 6.23. The number of nitrogens with one attached hydrogen (secondary N) is 1. The van der Waals surface area contributed by atoms with Crippen molar-refractivity contribution in [2.24, 2.45) is 0 Å². The molecule has 6 nitrogen and oxygen atoms in total. The van der Waals surface area contributed by atoms with Crippen LogP contribution in [0.25, 0.3) is 0 Å². The summed E-state index contributed by atoms with van der Waals surface area (Å²) in [5, 5.41) is 0. The molecule has 1 saturated heterocycles. The summed E-state index contributed by atoms with van der Waals surface area (Å²) < 4.78 is 38.5. The first kappa shape index (κ1) is 15.2. The van der Waals surface area contributed by atoms with Crippen LogP contribution in [0, 0.1) is 0 Å². The molecule has 0 atom stereocenters. The summed E-state index contributed by atoms with van der Waals surface area (Å²) in [5.41, 5.74) is 0.986. The summed E-state index contributed by atoms with van der Waals surface area (Å²) >= 11 is 0. The van der Waals surface area contributed by atoms with E-state index >= 15 is 0 Å². The van der Waals surface area contributed by atoms with Gasteiger partial charge in [-0.15, -0.1) is 0 Å². The largest absolute Gasteiger partial charge is 0.496 e. The molecule has 1 N–H and O–H groups in total. The predicted molar refractivity (Wildman–Crippen MR) is 76.0 cm³/mol. The van der Waals surface area contributed by atoms with Crippen LogP contribution in [-0.4, -0.2) is 52.7 Å². The third kappa shape index (κ3) is 3.92. The molecular weight excluding hydrogens is 280 g/mol. The highest BCUT2D eigenvalue weighted by atomic mass is 32.2. The Morgan fingerprint density at radius 1 is 1.30 bits per heavy atom. The SMILES string of the molecule is COc1ccccc1CCNS(=O)(=O)N1CCOCC1. The van der Waals surface area contributed by atoms with Crippen molar-refractivity contribution in [2.45, 2.75) is 6.42 Å². The van der Waals surface area contributed by atoms with Crippen molar-refractivity contribution >= 4 is 10.2 Å². The summed E-state index contributed by atoms with van der Waals surface area (Å²) in [5.74, 6) is 0.776. The minimum Gasteiger partial charge on any atom is -0.496 e. The van der Waals surface area contributed by atoms with E-state index < -0.39 is 10.2 Å². The maximum Gasteiger partial charge on any atom is 0.279 e. The fourth-order valence-corrected chi connectivity index (χ4v) is 3.27. The van der Waals surface area contributed by atoms with Gasteiger partial charge in [0.25, 0.3) is 10.2 Å². The Labute approximate surface area is 119 Å². The molecule has 20 heavy (non-hydrogen) atoms. The zero-order valence-electron chi connectivity index (χ0n) is 11.5. The van der Waals surface area contributed by atoms with Gasteiger partial charge in [-0.05, 0) is 18.1 Å². The van der Waals surface area contributed by atoms with Crippen molar-refractivity contribution in [2.75, 3.05) is 40.0 Å². The highest BCUT2D eigenvalue weighted by Gasteiger charge is 2.23. The minimum atomic E-state index is -3.41. The number of nitrogens with zero attached hydrogens (tertiary/aromatic N) is 1. The van der Waals surface area contributed by atoms with Gasteiger partial charge in [0.05, 0.1) is 20.3 Å². The molecule has 1 aliphatic rings. The number of ether oxygens (including phenoxy) is 2. The maximum atomic E-state index is 12.1. The number of hydrogen-bond donors (Lipinski definition) is 1. The van der Waals surface area contributed by atoms with Crippen LogP contribution in [0.4, 0.5) is 0 Å². The van der Waals surface area contributed by atoms with Gasteiger partial charge in [-0.1, -0.05) is 18.2 Å². The molecule has 1 fully saturated rings. The summed E-state index contributed by atoms with van der Waals surface area (Å²) in [6.07, 6.45) is 0.591. The molecule has 1 aromatic carbocycles. The van der Waals surface area contributed by atoms with Crippen LogP contribution in [0.5, 0.6) is 5.75 Å². The topological polar surface area (TPSA) is 67.9 Å². The standard InChI is InChI=1S/C13H20N2O4S/c1-18-13-5-3-2-4-12(13)6-7-14-20(16,17)15-8-10-19-11-9-15/h2-5,14H,6-11H2,1H3. The molecule has 0 aromatic heterocycles. The van der Waals surface area contributed by atoms with Crippen LogP contribution in [-0.2, 0) is 21.4 Å². The van der Waals surface area contributed by atoms with Gasteiger partial charge < -0.3 is 9.47 Å². The van der Waals surface area contributed by atoms with Gasteiger partial charge in [0.15, 0.2) is 0 Å².